The van der Waals surface area contributed by atoms with E-state index >= 15 is 0 Å². The molecule has 0 radical (unpaired) electrons. The second kappa shape index (κ2) is 7.14. The highest BCUT2D eigenvalue weighted by molar-refractivity contribution is 5.21. The number of aliphatic hydroxyl groups is 1. The van der Waals surface area contributed by atoms with E-state index < -0.39 is 17.7 Å². The number of hydrogen-bond acceptors (Lipinski definition) is 4. The summed E-state index contributed by atoms with van der Waals surface area (Å²) in [5.41, 5.74) is 0.0170. The number of aromatic nitrogens is 3. The molecule has 23 heavy (non-hydrogen) atoms. The van der Waals surface area contributed by atoms with Gasteiger partial charge in [0, 0.05) is 25.2 Å². The van der Waals surface area contributed by atoms with Crippen molar-refractivity contribution < 1.29 is 13.9 Å². The van der Waals surface area contributed by atoms with E-state index in [-0.39, 0.29) is 5.56 Å². The molecule has 0 spiro atoms. The van der Waals surface area contributed by atoms with Gasteiger partial charge in [0.1, 0.15) is 24.3 Å². The third kappa shape index (κ3) is 4.11. The Balaban J connectivity index is 1.59. The van der Waals surface area contributed by atoms with Crippen molar-refractivity contribution in [2.75, 3.05) is 19.6 Å². The molecule has 0 aliphatic carbocycles. The number of hydrogen-bond donors (Lipinski definition) is 1. The van der Waals surface area contributed by atoms with Crippen molar-refractivity contribution in [3.8, 4) is 0 Å². The quantitative estimate of drug-likeness (QED) is 0.915. The van der Waals surface area contributed by atoms with Crippen LogP contribution in [0, 0.1) is 17.6 Å². The molecule has 7 heteroatoms. The van der Waals surface area contributed by atoms with Crippen LogP contribution in [0.2, 0.25) is 0 Å². The number of halogens is 2. The summed E-state index contributed by atoms with van der Waals surface area (Å²) in [5.74, 6) is -0.701. The van der Waals surface area contributed by atoms with Crippen LogP contribution in [0.1, 0.15) is 24.5 Å². The first-order chi connectivity index (χ1) is 11.1. The Hall–Kier alpha value is -1.86. The van der Waals surface area contributed by atoms with Crippen LogP contribution in [0.5, 0.6) is 0 Å². The monoisotopic (exact) mass is 322 g/mol. The van der Waals surface area contributed by atoms with Crippen LogP contribution >= 0.6 is 0 Å². The summed E-state index contributed by atoms with van der Waals surface area (Å²) in [6.07, 6.45) is 4.27. The van der Waals surface area contributed by atoms with Gasteiger partial charge in [-0.1, -0.05) is 0 Å². The highest BCUT2D eigenvalue weighted by atomic mass is 19.1. The van der Waals surface area contributed by atoms with Crippen molar-refractivity contribution in [1.82, 2.24) is 19.7 Å². The second-order valence-electron chi connectivity index (χ2n) is 6.07. The molecule has 1 saturated heterocycles. The van der Waals surface area contributed by atoms with Gasteiger partial charge in [0.15, 0.2) is 0 Å². The zero-order valence-corrected chi connectivity index (χ0v) is 12.8. The van der Waals surface area contributed by atoms with Gasteiger partial charge in [-0.05, 0) is 43.5 Å². The normalized spacial score (nSPS) is 20.6. The lowest BCUT2D eigenvalue weighted by Gasteiger charge is -2.33. The van der Waals surface area contributed by atoms with Crippen LogP contribution in [-0.4, -0.2) is 44.4 Å². The Morgan fingerprint density at radius 1 is 1.35 bits per heavy atom. The van der Waals surface area contributed by atoms with E-state index in [0.717, 1.165) is 50.7 Å². The molecule has 1 aromatic carbocycles. The molecular formula is C16H20F2N4O. The van der Waals surface area contributed by atoms with Crippen molar-refractivity contribution in [3.63, 3.8) is 0 Å². The smallest absolute Gasteiger partial charge is 0.137 e. The first-order valence-electron chi connectivity index (χ1n) is 7.79. The fraction of sp³-hybridized carbons (Fsp3) is 0.500. The van der Waals surface area contributed by atoms with E-state index in [1.807, 2.05) is 0 Å². The molecule has 1 aliphatic rings. The van der Waals surface area contributed by atoms with E-state index in [1.54, 1.807) is 11.0 Å². The molecule has 1 aromatic heterocycles. The van der Waals surface area contributed by atoms with Gasteiger partial charge in [-0.3, -0.25) is 4.68 Å². The van der Waals surface area contributed by atoms with Crippen LogP contribution < -0.4 is 0 Å². The van der Waals surface area contributed by atoms with Crippen molar-refractivity contribution in [2.45, 2.75) is 25.5 Å². The molecule has 0 saturated carbocycles. The highest BCUT2D eigenvalue weighted by Gasteiger charge is 2.24. The molecule has 5 nitrogen and oxygen atoms in total. The van der Waals surface area contributed by atoms with Crippen molar-refractivity contribution in [2.24, 2.45) is 5.92 Å². The Kier molecular flexibility index (Phi) is 4.97. The summed E-state index contributed by atoms with van der Waals surface area (Å²) >= 11 is 0. The van der Waals surface area contributed by atoms with Gasteiger partial charge < -0.3 is 10.0 Å². The number of likely N-dealkylation sites (tertiary alicyclic amines) is 1. The zero-order valence-electron chi connectivity index (χ0n) is 12.8. The predicted octanol–water partition coefficient (Wildman–Crippen LogP) is 2.00. The summed E-state index contributed by atoms with van der Waals surface area (Å²) in [7, 11) is 0. The summed E-state index contributed by atoms with van der Waals surface area (Å²) < 4.78 is 28.8. The number of aliphatic hydroxyl groups excluding tert-OH is 1. The van der Waals surface area contributed by atoms with Gasteiger partial charge in [0.25, 0.3) is 0 Å². The van der Waals surface area contributed by atoms with E-state index in [2.05, 4.69) is 15.0 Å². The first-order valence-corrected chi connectivity index (χ1v) is 7.79. The minimum absolute atomic E-state index is 0.0170. The third-order valence-electron chi connectivity index (χ3n) is 4.26. The minimum Gasteiger partial charge on any atom is -0.387 e. The van der Waals surface area contributed by atoms with Crippen molar-refractivity contribution >= 4 is 0 Å². The zero-order chi connectivity index (χ0) is 16.2. The van der Waals surface area contributed by atoms with Gasteiger partial charge in [-0.25, -0.2) is 13.8 Å². The fourth-order valence-electron chi connectivity index (χ4n) is 3.17. The van der Waals surface area contributed by atoms with Crippen LogP contribution in [0.3, 0.4) is 0 Å². The first kappa shape index (κ1) is 16.0. The van der Waals surface area contributed by atoms with Crippen LogP contribution in [0.25, 0.3) is 0 Å². The largest absolute Gasteiger partial charge is 0.387 e. The summed E-state index contributed by atoms with van der Waals surface area (Å²) in [4.78, 5) is 6.03. The van der Waals surface area contributed by atoms with Gasteiger partial charge in [0.2, 0.25) is 0 Å². The van der Waals surface area contributed by atoms with Crippen LogP contribution in [0.15, 0.2) is 30.9 Å². The lowest BCUT2D eigenvalue weighted by molar-refractivity contribution is 0.0778. The van der Waals surface area contributed by atoms with E-state index in [4.69, 9.17) is 0 Å². The SMILES string of the molecule is O[C@@H](CN1CCC[C@@H](Cn2cncn2)C1)c1cc(F)ccc1F. The van der Waals surface area contributed by atoms with Crippen LogP contribution in [0.4, 0.5) is 8.78 Å². The highest BCUT2D eigenvalue weighted by Crippen LogP contribution is 2.23. The lowest BCUT2D eigenvalue weighted by Crippen LogP contribution is -2.39. The maximum absolute atomic E-state index is 13.7. The minimum atomic E-state index is -1.03. The Morgan fingerprint density at radius 2 is 2.22 bits per heavy atom. The molecule has 1 N–H and O–H groups in total. The standard InChI is InChI=1S/C16H20F2N4O/c17-13-3-4-15(18)14(6-13)16(23)9-21-5-1-2-12(7-21)8-22-11-19-10-20-22/h3-4,6,10-12,16,23H,1-2,5,7-9H2/t12-,16+/m1/s1. The van der Waals surface area contributed by atoms with Crippen molar-refractivity contribution in [3.05, 3.63) is 48.1 Å². The second-order valence-corrected chi connectivity index (χ2v) is 6.07. The molecule has 2 aromatic rings. The molecule has 0 amide bonds. The average Bonchev–Trinajstić information content (AvgIpc) is 3.03. The Labute approximate surface area is 133 Å². The number of piperidine rings is 1. The number of β-amino-alcohol motifs (C(OH)–C–C–N with tert-alkyl or cyclic N) is 1. The predicted molar refractivity (Wildman–Crippen MR) is 80.5 cm³/mol. The molecule has 124 valence electrons. The molecule has 3 rings (SSSR count). The molecule has 2 atom stereocenters. The third-order valence-corrected chi connectivity index (χ3v) is 4.26. The molecule has 0 unspecified atom stereocenters. The van der Waals surface area contributed by atoms with Crippen molar-refractivity contribution in [1.29, 1.82) is 0 Å². The lowest BCUT2D eigenvalue weighted by atomic mass is 9.97. The molecule has 0 bridgehead atoms. The maximum atomic E-state index is 13.7. The Morgan fingerprint density at radius 3 is 3.00 bits per heavy atom. The number of rotatable bonds is 5. The average molecular weight is 322 g/mol. The number of nitrogens with zero attached hydrogens (tertiary/aromatic N) is 4. The topological polar surface area (TPSA) is 54.2 Å². The van der Waals surface area contributed by atoms with Crippen LogP contribution in [-0.2, 0) is 6.54 Å². The Bertz CT molecular complexity index is 635. The maximum Gasteiger partial charge on any atom is 0.137 e. The van der Waals surface area contributed by atoms with Gasteiger partial charge in [-0.15, -0.1) is 0 Å². The fourth-order valence-corrected chi connectivity index (χ4v) is 3.17. The van der Waals surface area contributed by atoms with E-state index in [0.29, 0.717) is 12.5 Å². The molecule has 1 aliphatic heterocycles. The molecule has 2 heterocycles. The van der Waals surface area contributed by atoms with Gasteiger partial charge in [0.05, 0.1) is 6.10 Å². The summed E-state index contributed by atoms with van der Waals surface area (Å²) in [6.45, 7) is 2.73. The molecular weight excluding hydrogens is 302 g/mol. The van der Waals surface area contributed by atoms with Gasteiger partial charge in [-0.2, -0.15) is 5.10 Å². The molecule has 1 fully saturated rings. The van der Waals surface area contributed by atoms with Gasteiger partial charge >= 0.3 is 0 Å². The van der Waals surface area contributed by atoms with E-state index in [9.17, 15) is 13.9 Å². The summed E-state index contributed by atoms with van der Waals surface area (Å²) in [5, 5.41) is 14.4. The number of benzene rings is 1. The summed E-state index contributed by atoms with van der Waals surface area (Å²) in [6, 6.07) is 3.18. The van der Waals surface area contributed by atoms with E-state index in [1.165, 1.54) is 6.33 Å².